The van der Waals surface area contributed by atoms with Crippen LogP contribution in [-0.2, 0) is 14.3 Å². The number of cyclic esters (lactones) is 1. The van der Waals surface area contributed by atoms with Gasteiger partial charge in [-0.1, -0.05) is 51.2 Å². The molecule has 0 radical (unpaired) electrons. The van der Waals surface area contributed by atoms with Crippen molar-refractivity contribution in [1.29, 1.82) is 0 Å². The molecule has 6 atom stereocenters. The third-order valence-electron chi connectivity index (χ3n) is 8.33. The number of carbonyl (C=O) groups is 1. The molecule has 4 heteroatoms. The molecule has 4 nitrogen and oxygen atoms in total. The number of aliphatic hydroxyl groups is 1. The molecular weight excluding hydrogens is 364 g/mol. The van der Waals surface area contributed by atoms with Crippen LogP contribution in [0.3, 0.4) is 0 Å². The molecule has 2 aliphatic heterocycles. The van der Waals surface area contributed by atoms with Gasteiger partial charge in [-0.3, -0.25) is 0 Å². The van der Waals surface area contributed by atoms with Crippen molar-refractivity contribution in [2.24, 2.45) is 22.7 Å². The van der Waals surface area contributed by atoms with Crippen molar-refractivity contribution in [3.05, 3.63) is 47.6 Å². The van der Waals surface area contributed by atoms with E-state index >= 15 is 0 Å². The number of fused-ring (bicyclic) bond motifs is 1. The number of aliphatic hydroxyl groups excluding tert-OH is 1. The molecular formula is C25H34O4. The molecule has 0 aromatic heterocycles. The van der Waals surface area contributed by atoms with Crippen molar-refractivity contribution in [3.63, 3.8) is 0 Å². The van der Waals surface area contributed by atoms with Crippen LogP contribution < -0.4 is 0 Å². The van der Waals surface area contributed by atoms with Gasteiger partial charge in [-0.15, -0.1) is 0 Å². The topological polar surface area (TPSA) is 55.8 Å². The Kier molecular flexibility index (Phi) is 5.37. The smallest absolute Gasteiger partial charge is 0.333 e. The highest BCUT2D eigenvalue weighted by molar-refractivity contribution is 5.85. The molecule has 0 aromatic carbocycles. The summed E-state index contributed by atoms with van der Waals surface area (Å²) in [7, 11) is 0. The summed E-state index contributed by atoms with van der Waals surface area (Å²) < 4.78 is 10.7. The first-order chi connectivity index (χ1) is 13.7. The van der Waals surface area contributed by atoms with E-state index in [2.05, 4.69) is 45.6 Å². The Balaban J connectivity index is 1.50. The van der Waals surface area contributed by atoms with Crippen LogP contribution in [0.25, 0.3) is 0 Å². The van der Waals surface area contributed by atoms with Crippen molar-refractivity contribution in [2.45, 2.75) is 71.7 Å². The lowest BCUT2D eigenvalue weighted by molar-refractivity contribution is -0.152. The van der Waals surface area contributed by atoms with Crippen LogP contribution in [-0.4, -0.2) is 30.1 Å². The molecule has 0 aromatic rings. The molecule has 2 saturated carbocycles. The fourth-order valence-corrected chi connectivity index (χ4v) is 6.06. The van der Waals surface area contributed by atoms with Crippen LogP contribution >= 0.6 is 0 Å². The number of ether oxygens (including phenoxy) is 2. The molecule has 4 rings (SSSR count). The Hall–Kier alpha value is -1.65. The fraction of sp³-hybridized carbons (Fsp3) is 0.640. The van der Waals surface area contributed by atoms with Crippen molar-refractivity contribution in [1.82, 2.24) is 0 Å². The molecule has 2 aliphatic carbocycles. The summed E-state index contributed by atoms with van der Waals surface area (Å²) in [5, 5.41) is 9.84. The van der Waals surface area contributed by atoms with E-state index in [-0.39, 0.29) is 16.9 Å². The highest BCUT2D eigenvalue weighted by atomic mass is 16.6. The zero-order chi connectivity index (χ0) is 20.8. The van der Waals surface area contributed by atoms with Crippen LogP contribution in [0.2, 0.25) is 0 Å². The van der Waals surface area contributed by atoms with Gasteiger partial charge >= 0.3 is 5.97 Å². The fourth-order valence-electron chi connectivity index (χ4n) is 6.06. The number of hydrogen-bond donors (Lipinski definition) is 1. The van der Waals surface area contributed by atoms with Gasteiger partial charge in [0.05, 0.1) is 12.7 Å². The maximum atomic E-state index is 11.3. The van der Waals surface area contributed by atoms with Crippen LogP contribution in [0.5, 0.6) is 0 Å². The van der Waals surface area contributed by atoms with E-state index in [0.29, 0.717) is 30.4 Å². The molecule has 1 N–H and O–H groups in total. The molecule has 0 bridgehead atoms. The maximum Gasteiger partial charge on any atom is 0.333 e. The third kappa shape index (κ3) is 3.55. The number of hydrogen-bond acceptors (Lipinski definition) is 4. The molecule has 4 aliphatic rings. The van der Waals surface area contributed by atoms with Gasteiger partial charge in [0.2, 0.25) is 6.29 Å². The Morgan fingerprint density at radius 2 is 2.10 bits per heavy atom. The summed E-state index contributed by atoms with van der Waals surface area (Å²) >= 11 is 0. The average molecular weight is 399 g/mol. The predicted molar refractivity (Wildman–Crippen MR) is 113 cm³/mol. The van der Waals surface area contributed by atoms with Crippen LogP contribution in [0, 0.1) is 22.7 Å². The highest BCUT2D eigenvalue weighted by Crippen LogP contribution is 2.61. The van der Waals surface area contributed by atoms with Gasteiger partial charge in [-0.05, 0) is 66.8 Å². The van der Waals surface area contributed by atoms with Gasteiger partial charge in [0.1, 0.15) is 0 Å². The molecule has 2 heterocycles. The molecule has 29 heavy (non-hydrogen) atoms. The van der Waals surface area contributed by atoms with Gasteiger partial charge < -0.3 is 14.6 Å². The lowest BCUT2D eigenvalue weighted by Crippen LogP contribution is -2.49. The lowest BCUT2D eigenvalue weighted by Gasteiger charge is -2.57. The molecule has 2 fully saturated rings. The van der Waals surface area contributed by atoms with E-state index in [1.807, 2.05) is 0 Å². The number of carbonyl (C=O) groups excluding carboxylic acids is 1. The summed E-state index contributed by atoms with van der Waals surface area (Å²) in [4.78, 5) is 11.3. The SMILES string of the molecule is C=C1CCC[C@@H]2[C@@](C)(/C=C\C3=CC[C@H](C4=CC(=O)O[C@H]4O)OC3)[C@@H](C)CC[C@@]12C. The summed E-state index contributed by atoms with van der Waals surface area (Å²) in [6, 6.07) is 0. The number of esters is 1. The Morgan fingerprint density at radius 1 is 1.31 bits per heavy atom. The van der Waals surface area contributed by atoms with E-state index in [1.165, 1.54) is 43.8 Å². The minimum atomic E-state index is -1.17. The number of allylic oxidation sites excluding steroid dienone is 2. The third-order valence-corrected chi connectivity index (χ3v) is 8.33. The van der Waals surface area contributed by atoms with Crippen LogP contribution in [0.4, 0.5) is 0 Å². The van der Waals surface area contributed by atoms with Gasteiger partial charge in [0.15, 0.2) is 0 Å². The standard InChI is InChI=1S/C25H34O4/c1-16-6-5-7-21-24(16,3)12-10-17(2)25(21,4)13-11-18-8-9-20(28-15-18)19-14-22(26)29-23(19)27/h8,11,13-14,17,20-21,23,27H,1,5-7,9-10,12,15H2,2-4H3/b13-11-/t17-,20+,21-,23+,24-,25-/m0/s1. The largest absolute Gasteiger partial charge is 0.429 e. The van der Waals surface area contributed by atoms with Crippen LogP contribution in [0.1, 0.15) is 59.3 Å². The van der Waals surface area contributed by atoms with E-state index in [1.54, 1.807) is 0 Å². The lowest BCUT2D eigenvalue weighted by atomic mass is 9.47. The van der Waals surface area contributed by atoms with E-state index in [9.17, 15) is 9.90 Å². The second-order valence-corrected chi connectivity index (χ2v) is 9.85. The zero-order valence-corrected chi connectivity index (χ0v) is 17.9. The minimum Gasteiger partial charge on any atom is -0.429 e. The van der Waals surface area contributed by atoms with Crippen molar-refractivity contribution >= 4 is 5.97 Å². The van der Waals surface area contributed by atoms with E-state index in [4.69, 9.17) is 9.47 Å². The Bertz CT molecular complexity index is 791. The van der Waals surface area contributed by atoms with Gasteiger partial charge in [0.25, 0.3) is 0 Å². The van der Waals surface area contributed by atoms with Gasteiger partial charge in [-0.25, -0.2) is 4.79 Å². The second kappa shape index (κ2) is 7.55. The maximum absolute atomic E-state index is 11.3. The van der Waals surface area contributed by atoms with Crippen molar-refractivity contribution in [3.8, 4) is 0 Å². The number of rotatable bonds is 3. The monoisotopic (exact) mass is 398 g/mol. The first kappa shape index (κ1) is 20.6. The summed E-state index contributed by atoms with van der Waals surface area (Å²) in [6.45, 7) is 12.2. The van der Waals surface area contributed by atoms with Gasteiger partial charge in [-0.2, -0.15) is 0 Å². The van der Waals surface area contributed by atoms with Crippen molar-refractivity contribution in [2.75, 3.05) is 6.61 Å². The first-order valence-corrected chi connectivity index (χ1v) is 11.0. The normalized spacial score (nSPS) is 43.0. The quantitative estimate of drug-likeness (QED) is 0.545. The van der Waals surface area contributed by atoms with E-state index in [0.717, 1.165) is 5.57 Å². The van der Waals surface area contributed by atoms with Crippen molar-refractivity contribution < 1.29 is 19.4 Å². The Morgan fingerprint density at radius 3 is 2.76 bits per heavy atom. The van der Waals surface area contributed by atoms with Gasteiger partial charge in [0, 0.05) is 11.6 Å². The van der Waals surface area contributed by atoms with E-state index < -0.39 is 12.3 Å². The molecule has 0 amide bonds. The average Bonchev–Trinajstić information content (AvgIpc) is 3.04. The van der Waals surface area contributed by atoms with Crippen LogP contribution in [0.15, 0.2) is 47.6 Å². The highest BCUT2D eigenvalue weighted by Gasteiger charge is 2.52. The first-order valence-electron chi connectivity index (χ1n) is 11.0. The summed E-state index contributed by atoms with van der Waals surface area (Å²) in [5.74, 6) is 0.778. The summed E-state index contributed by atoms with van der Waals surface area (Å²) in [6.07, 6.45) is 13.6. The molecule has 0 saturated heterocycles. The molecule has 158 valence electrons. The molecule has 0 unspecified atom stereocenters. The zero-order valence-electron chi connectivity index (χ0n) is 17.9. The Labute approximate surface area is 174 Å². The summed E-state index contributed by atoms with van der Waals surface area (Å²) in [5.41, 5.74) is 3.54. The predicted octanol–water partition coefficient (Wildman–Crippen LogP) is 4.86. The second-order valence-electron chi connectivity index (χ2n) is 9.85. The minimum absolute atomic E-state index is 0.151. The molecule has 0 spiro atoms.